The third-order valence-electron chi connectivity index (χ3n) is 3.87. The van der Waals surface area contributed by atoms with Gasteiger partial charge in [0.25, 0.3) is 0 Å². The van der Waals surface area contributed by atoms with Gasteiger partial charge in [-0.3, -0.25) is 0 Å². The van der Waals surface area contributed by atoms with Gasteiger partial charge in [-0.1, -0.05) is 26.8 Å². The number of hydrogen-bond donors (Lipinski definition) is 1. The molecule has 2 unspecified atom stereocenters. The maximum atomic E-state index is 14.3. The van der Waals surface area contributed by atoms with Gasteiger partial charge in [-0.15, -0.1) is 0 Å². The number of halogens is 1. The van der Waals surface area contributed by atoms with Crippen LogP contribution in [0.3, 0.4) is 0 Å². The molecule has 3 heteroatoms. The summed E-state index contributed by atoms with van der Waals surface area (Å²) in [6.07, 6.45) is 1.08. The predicted molar refractivity (Wildman–Crippen MR) is 82.1 cm³/mol. The summed E-state index contributed by atoms with van der Waals surface area (Å²) in [5, 5.41) is 4.02. The Morgan fingerprint density at radius 2 is 2.16 bits per heavy atom. The molecule has 1 aliphatic rings. The first-order valence-corrected chi connectivity index (χ1v) is 8.24. The molecule has 2 atom stereocenters. The molecule has 2 rings (SSSR count). The van der Waals surface area contributed by atoms with Crippen molar-refractivity contribution in [1.29, 1.82) is 0 Å². The highest BCUT2D eigenvalue weighted by atomic mass is 32.2. The minimum atomic E-state index is -0.0415. The minimum Gasteiger partial charge on any atom is -0.309 e. The van der Waals surface area contributed by atoms with E-state index in [2.05, 4.69) is 33.0 Å². The molecule has 1 heterocycles. The van der Waals surface area contributed by atoms with Crippen molar-refractivity contribution in [3.63, 3.8) is 0 Å². The van der Waals surface area contributed by atoms with Crippen molar-refractivity contribution in [2.75, 3.05) is 6.54 Å². The van der Waals surface area contributed by atoms with E-state index < -0.39 is 0 Å². The summed E-state index contributed by atoms with van der Waals surface area (Å²) in [5.41, 5.74) is 3.34. The van der Waals surface area contributed by atoms with Gasteiger partial charge in [0.15, 0.2) is 0 Å². The van der Waals surface area contributed by atoms with Crippen LogP contribution in [0.4, 0.5) is 4.39 Å². The summed E-state index contributed by atoms with van der Waals surface area (Å²) in [6.45, 7) is 9.65. The van der Waals surface area contributed by atoms with Gasteiger partial charge in [0.05, 0.1) is 0 Å². The molecule has 0 aromatic heterocycles. The summed E-state index contributed by atoms with van der Waals surface area (Å²) in [5.74, 6) is 1.44. The van der Waals surface area contributed by atoms with Gasteiger partial charge < -0.3 is 5.32 Å². The lowest BCUT2D eigenvalue weighted by molar-refractivity contribution is 0.422. The molecular formula is C16H24FNS. The van der Waals surface area contributed by atoms with Gasteiger partial charge in [0, 0.05) is 22.6 Å². The number of thioether (sulfide) groups is 1. The summed E-state index contributed by atoms with van der Waals surface area (Å²) >= 11 is 1.97. The van der Waals surface area contributed by atoms with E-state index in [1.165, 1.54) is 11.1 Å². The van der Waals surface area contributed by atoms with Crippen LogP contribution in [-0.4, -0.2) is 11.8 Å². The second-order valence-electron chi connectivity index (χ2n) is 5.71. The van der Waals surface area contributed by atoms with Crippen molar-refractivity contribution >= 4 is 11.8 Å². The smallest absolute Gasteiger partial charge is 0.128 e. The topological polar surface area (TPSA) is 12.0 Å². The molecule has 1 aliphatic heterocycles. The first kappa shape index (κ1) is 14.9. The molecule has 19 heavy (non-hydrogen) atoms. The highest BCUT2D eigenvalue weighted by molar-refractivity contribution is 7.99. The van der Waals surface area contributed by atoms with Crippen molar-refractivity contribution in [1.82, 2.24) is 5.32 Å². The Morgan fingerprint density at radius 1 is 1.42 bits per heavy atom. The Kier molecular flexibility index (Phi) is 4.91. The van der Waals surface area contributed by atoms with Gasteiger partial charge in [0.1, 0.15) is 5.82 Å². The van der Waals surface area contributed by atoms with Crippen LogP contribution < -0.4 is 5.32 Å². The van der Waals surface area contributed by atoms with Crippen molar-refractivity contribution in [2.24, 2.45) is 5.92 Å². The van der Waals surface area contributed by atoms with Crippen molar-refractivity contribution in [2.45, 2.75) is 51.2 Å². The van der Waals surface area contributed by atoms with E-state index in [1.807, 2.05) is 17.8 Å². The van der Waals surface area contributed by atoms with Crippen LogP contribution in [0.5, 0.6) is 0 Å². The zero-order valence-electron chi connectivity index (χ0n) is 12.3. The third-order valence-corrected chi connectivity index (χ3v) is 5.53. The zero-order chi connectivity index (χ0) is 14.0. The molecule has 0 aliphatic carbocycles. The van der Waals surface area contributed by atoms with Gasteiger partial charge in [-0.25, -0.2) is 4.39 Å². The number of fused-ring (bicyclic) bond motifs is 1. The molecule has 1 aromatic rings. The summed E-state index contributed by atoms with van der Waals surface area (Å²) in [7, 11) is 0. The van der Waals surface area contributed by atoms with Crippen LogP contribution in [0.25, 0.3) is 0 Å². The summed E-state index contributed by atoms with van der Waals surface area (Å²) in [6, 6.07) is 3.68. The molecule has 0 radical (unpaired) electrons. The van der Waals surface area contributed by atoms with E-state index in [0.717, 1.165) is 24.3 Å². The van der Waals surface area contributed by atoms with Crippen LogP contribution in [-0.2, 0) is 5.75 Å². The van der Waals surface area contributed by atoms with Crippen LogP contribution >= 0.6 is 11.8 Å². The van der Waals surface area contributed by atoms with Crippen LogP contribution in [0, 0.1) is 18.7 Å². The zero-order valence-corrected chi connectivity index (χ0v) is 13.1. The standard InChI is InChI=1S/C16H24FNS/c1-5-8-18-15-14-12(9-19-16(15)10(2)3)11(4)6-7-13(14)17/h6-7,10,15-16,18H,5,8-9H2,1-4H3. The Hall–Kier alpha value is -0.540. The number of benzene rings is 1. The second-order valence-corrected chi connectivity index (χ2v) is 6.87. The molecule has 0 fully saturated rings. The maximum absolute atomic E-state index is 14.3. The largest absolute Gasteiger partial charge is 0.309 e. The lowest BCUT2D eigenvalue weighted by atomic mass is 9.90. The van der Waals surface area contributed by atoms with Crippen LogP contribution in [0.15, 0.2) is 12.1 Å². The quantitative estimate of drug-likeness (QED) is 0.875. The molecule has 1 nitrogen and oxygen atoms in total. The van der Waals surface area contributed by atoms with Gasteiger partial charge in [-0.05, 0) is 43.0 Å². The Balaban J connectivity index is 2.42. The van der Waals surface area contributed by atoms with Crippen molar-refractivity contribution in [3.8, 4) is 0 Å². The first-order valence-electron chi connectivity index (χ1n) is 7.19. The lowest BCUT2D eigenvalue weighted by Crippen LogP contribution is -2.37. The van der Waals surface area contributed by atoms with Gasteiger partial charge in [-0.2, -0.15) is 11.8 Å². The fourth-order valence-electron chi connectivity index (χ4n) is 2.81. The molecule has 1 N–H and O–H groups in total. The number of aryl methyl sites for hydroxylation is 1. The van der Waals surface area contributed by atoms with Crippen molar-refractivity contribution in [3.05, 3.63) is 34.6 Å². The SMILES string of the molecule is CCCNC1c2c(F)ccc(C)c2CSC1C(C)C. The highest BCUT2D eigenvalue weighted by Gasteiger charge is 2.34. The average Bonchev–Trinajstić information content (AvgIpc) is 2.39. The number of rotatable bonds is 4. The highest BCUT2D eigenvalue weighted by Crippen LogP contribution is 2.43. The number of nitrogens with one attached hydrogen (secondary N) is 1. The van der Waals surface area contributed by atoms with Gasteiger partial charge >= 0.3 is 0 Å². The van der Waals surface area contributed by atoms with Crippen molar-refractivity contribution < 1.29 is 4.39 Å². The Labute approximate surface area is 120 Å². The molecule has 1 aromatic carbocycles. The predicted octanol–water partition coefficient (Wildman–Crippen LogP) is 4.45. The maximum Gasteiger partial charge on any atom is 0.128 e. The van der Waals surface area contributed by atoms with E-state index >= 15 is 0 Å². The van der Waals surface area contributed by atoms with E-state index in [1.54, 1.807) is 6.07 Å². The van der Waals surface area contributed by atoms with E-state index in [9.17, 15) is 4.39 Å². The fourth-order valence-corrected chi connectivity index (χ4v) is 4.36. The molecule has 0 saturated carbocycles. The van der Waals surface area contributed by atoms with Crippen LogP contribution in [0.1, 0.15) is 49.9 Å². The second kappa shape index (κ2) is 6.27. The molecule has 0 amide bonds. The third kappa shape index (κ3) is 2.97. The first-order chi connectivity index (χ1) is 9.06. The minimum absolute atomic E-state index is 0.0415. The normalized spacial score (nSPS) is 22.6. The van der Waals surface area contributed by atoms with Crippen LogP contribution in [0.2, 0.25) is 0 Å². The van der Waals surface area contributed by atoms with E-state index in [-0.39, 0.29) is 11.9 Å². The Morgan fingerprint density at radius 3 is 2.79 bits per heavy atom. The average molecular weight is 281 g/mol. The fraction of sp³-hybridized carbons (Fsp3) is 0.625. The van der Waals surface area contributed by atoms with Gasteiger partial charge in [0.2, 0.25) is 0 Å². The van der Waals surface area contributed by atoms with E-state index in [4.69, 9.17) is 0 Å². The lowest BCUT2D eigenvalue weighted by Gasteiger charge is -2.37. The number of hydrogen-bond acceptors (Lipinski definition) is 2. The summed E-state index contributed by atoms with van der Waals surface area (Å²) in [4.78, 5) is 0. The molecule has 0 bridgehead atoms. The Bertz CT molecular complexity index is 445. The molecule has 106 valence electrons. The molecule has 0 saturated heterocycles. The van der Waals surface area contributed by atoms with E-state index in [0.29, 0.717) is 11.2 Å². The summed E-state index contributed by atoms with van der Waals surface area (Å²) < 4.78 is 14.3. The monoisotopic (exact) mass is 281 g/mol. The molecular weight excluding hydrogens is 257 g/mol. The molecule has 0 spiro atoms.